The van der Waals surface area contributed by atoms with Gasteiger partial charge in [0.05, 0.1) is 11.4 Å². The van der Waals surface area contributed by atoms with E-state index in [0.717, 1.165) is 35.1 Å². The normalized spacial score (nSPS) is 11.6. The number of aromatic nitrogens is 2. The summed E-state index contributed by atoms with van der Waals surface area (Å²) in [5.41, 5.74) is 4.18. The zero-order valence-corrected chi connectivity index (χ0v) is 20.8. The lowest BCUT2D eigenvalue weighted by molar-refractivity contribution is 0.103. The highest BCUT2D eigenvalue weighted by Gasteiger charge is 2.28. The molecule has 1 aromatic heterocycles. The predicted molar refractivity (Wildman–Crippen MR) is 125 cm³/mol. The van der Waals surface area contributed by atoms with Gasteiger partial charge >= 0.3 is 10.1 Å². The standard InChI is InChI=1S/C23H31ClN2O4S/c1-8-9-12-26-23(30-31(28,29)15(4)5)19(13-25-26)22(27)18-10-11-20(24)21(17(18)7)16(6)14(2)3/h10-11,13,15H,8-9,12H2,1-7H3. The summed E-state index contributed by atoms with van der Waals surface area (Å²) in [4.78, 5) is 13.5. The lowest BCUT2D eigenvalue weighted by Gasteiger charge is -2.16. The van der Waals surface area contributed by atoms with E-state index in [0.29, 0.717) is 17.1 Å². The molecular weight excluding hydrogens is 436 g/mol. The fourth-order valence-corrected chi connectivity index (χ4v) is 4.01. The molecule has 0 amide bonds. The maximum absolute atomic E-state index is 13.5. The van der Waals surface area contributed by atoms with Crippen LogP contribution < -0.4 is 4.18 Å². The Morgan fingerprint density at radius 1 is 1.19 bits per heavy atom. The Kier molecular flexibility index (Phi) is 8.11. The van der Waals surface area contributed by atoms with Gasteiger partial charge in [0.2, 0.25) is 5.88 Å². The second-order valence-corrected chi connectivity index (χ2v) is 10.6. The molecule has 0 N–H and O–H groups in total. The van der Waals surface area contributed by atoms with Crippen molar-refractivity contribution >= 4 is 33.1 Å². The van der Waals surface area contributed by atoms with E-state index in [1.54, 1.807) is 12.1 Å². The summed E-state index contributed by atoms with van der Waals surface area (Å²) in [7, 11) is -3.90. The number of benzene rings is 1. The minimum absolute atomic E-state index is 0.0398. The molecule has 170 valence electrons. The van der Waals surface area contributed by atoms with Crippen molar-refractivity contribution in [3.8, 4) is 5.88 Å². The maximum atomic E-state index is 13.5. The van der Waals surface area contributed by atoms with Crippen LogP contribution in [0.15, 0.2) is 23.9 Å². The molecule has 0 radical (unpaired) electrons. The van der Waals surface area contributed by atoms with Gasteiger partial charge in [-0.05, 0) is 76.8 Å². The number of nitrogens with zero attached hydrogens (tertiary/aromatic N) is 2. The zero-order chi connectivity index (χ0) is 23.5. The molecule has 1 heterocycles. The van der Waals surface area contributed by atoms with Crippen LogP contribution >= 0.6 is 11.6 Å². The number of carbonyl (C=O) groups excluding carboxylic acids is 1. The van der Waals surface area contributed by atoms with Gasteiger partial charge in [-0.25, -0.2) is 4.68 Å². The van der Waals surface area contributed by atoms with Gasteiger partial charge in [-0.15, -0.1) is 0 Å². The van der Waals surface area contributed by atoms with Crippen LogP contribution in [0.2, 0.25) is 5.02 Å². The summed E-state index contributed by atoms with van der Waals surface area (Å²) < 4.78 is 31.8. The number of rotatable bonds is 9. The molecule has 0 atom stereocenters. The largest absolute Gasteiger partial charge is 0.361 e. The fraction of sp³-hybridized carbons (Fsp3) is 0.478. The molecule has 0 aliphatic heterocycles. The van der Waals surface area contributed by atoms with Crippen LogP contribution in [-0.4, -0.2) is 29.2 Å². The van der Waals surface area contributed by atoms with Gasteiger partial charge in [-0.3, -0.25) is 4.79 Å². The monoisotopic (exact) mass is 466 g/mol. The SMILES string of the molecule is CCCCn1ncc(C(=O)c2ccc(Cl)c(C(C)=C(C)C)c2C)c1OS(=O)(=O)C(C)C. The molecule has 1 aromatic carbocycles. The van der Waals surface area contributed by atoms with Crippen LogP contribution in [0.1, 0.15) is 81.4 Å². The van der Waals surface area contributed by atoms with Gasteiger partial charge in [0, 0.05) is 17.1 Å². The third-order valence-corrected chi connectivity index (χ3v) is 7.18. The van der Waals surface area contributed by atoms with Crippen molar-refractivity contribution in [2.24, 2.45) is 0 Å². The third kappa shape index (κ3) is 5.39. The van der Waals surface area contributed by atoms with Crippen molar-refractivity contribution in [2.45, 2.75) is 73.1 Å². The van der Waals surface area contributed by atoms with E-state index in [2.05, 4.69) is 5.10 Å². The number of carbonyl (C=O) groups is 1. The number of hydrogen-bond acceptors (Lipinski definition) is 5. The minimum atomic E-state index is -3.90. The molecule has 6 nitrogen and oxygen atoms in total. The fourth-order valence-electron chi connectivity index (χ4n) is 3.07. The summed E-state index contributed by atoms with van der Waals surface area (Å²) >= 11 is 6.44. The molecule has 0 unspecified atom stereocenters. The van der Waals surface area contributed by atoms with Crippen LogP contribution in [0.25, 0.3) is 5.57 Å². The molecule has 0 aliphatic carbocycles. The van der Waals surface area contributed by atoms with Gasteiger partial charge in [0.1, 0.15) is 5.56 Å². The second kappa shape index (κ2) is 10.0. The summed E-state index contributed by atoms with van der Waals surface area (Å²) in [5, 5.41) is 4.05. The van der Waals surface area contributed by atoms with Gasteiger partial charge in [0.25, 0.3) is 0 Å². The highest BCUT2D eigenvalue weighted by molar-refractivity contribution is 7.87. The van der Waals surface area contributed by atoms with Gasteiger partial charge in [0.15, 0.2) is 5.78 Å². The molecule has 0 aliphatic rings. The number of allylic oxidation sites excluding steroid dienone is 2. The second-order valence-electron chi connectivity index (χ2n) is 8.11. The highest BCUT2D eigenvalue weighted by atomic mass is 35.5. The molecule has 0 fully saturated rings. The van der Waals surface area contributed by atoms with Gasteiger partial charge in [-0.2, -0.15) is 13.5 Å². The molecule has 2 aromatic rings. The minimum Gasteiger partial charge on any atom is -0.361 e. The number of hydrogen-bond donors (Lipinski definition) is 0. The number of unbranched alkanes of at least 4 members (excludes halogenated alkanes) is 1. The van der Waals surface area contributed by atoms with Crippen molar-refractivity contribution < 1.29 is 17.4 Å². The van der Waals surface area contributed by atoms with Crippen molar-refractivity contribution in [1.82, 2.24) is 9.78 Å². The van der Waals surface area contributed by atoms with Crippen LogP contribution in [0.5, 0.6) is 5.88 Å². The Labute approximate surface area is 190 Å². The first-order valence-corrected chi connectivity index (χ1v) is 12.2. The molecule has 0 bridgehead atoms. The lowest BCUT2D eigenvalue weighted by Crippen LogP contribution is -2.23. The van der Waals surface area contributed by atoms with E-state index in [1.807, 2.05) is 34.6 Å². The summed E-state index contributed by atoms with van der Waals surface area (Å²) in [6.07, 6.45) is 3.04. The quantitative estimate of drug-likeness (QED) is 0.344. The number of ketones is 1. The lowest BCUT2D eigenvalue weighted by atomic mass is 9.92. The van der Waals surface area contributed by atoms with Crippen molar-refractivity contribution in [3.05, 3.63) is 51.2 Å². The first-order valence-electron chi connectivity index (χ1n) is 10.4. The Morgan fingerprint density at radius 3 is 2.39 bits per heavy atom. The van der Waals surface area contributed by atoms with Gasteiger partial charge < -0.3 is 4.18 Å². The Balaban J connectivity index is 2.64. The van der Waals surface area contributed by atoms with Crippen LogP contribution in [0, 0.1) is 6.92 Å². The topological polar surface area (TPSA) is 78.3 Å². The van der Waals surface area contributed by atoms with E-state index in [9.17, 15) is 13.2 Å². The van der Waals surface area contributed by atoms with Gasteiger partial charge in [-0.1, -0.05) is 30.5 Å². The average Bonchev–Trinajstić information content (AvgIpc) is 3.07. The van der Waals surface area contributed by atoms with Crippen LogP contribution in [-0.2, 0) is 16.7 Å². The maximum Gasteiger partial charge on any atom is 0.313 e. The van der Waals surface area contributed by atoms with E-state index in [4.69, 9.17) is 15.8 Å². The van der Waals surface area contributed by atoms with E-state index < -0.39 is 15.4 Å². The molecular formula is C23H31ClN2O4S. The molecule has 0 saturated heterocycles. The van der Waals surface area contributed by atoms with Crippen molar-refractivity contribution in [2.75, 3.05) is 0 Å². The van der Waals surface area contributed by atoms with Crippen LogP contribution in [0.4, 0.5) is 0 Å². The highest BCUT2D eigenvalue weighted by Crippen LogP contribution is 2.33. The Bertz CT molecular complexity index is 1110. The third-order valence-electron chi connectivity index (χ3n) is 5.32. The molecule has 2 rings (SSSR count). The van der Waals surface area contributed by atoms with E-state index in [-0.39, 0.29) is 17.2 Å². The molecule has 0 saturated carbocycles. The number of halogens is 1. The predicted octanol–water partition coefficient (Wildman–Crippen LogP) is 5.81. The average molecular weight is 467 g/mol. The molecule has 31 heavy (non-hydrogen) atoms. The first kappa shape index (κ1) is 25.1. The van der Waals surface area contributed by atoms with Crippen LogP contribution in [0.3, 0.4) is 0 Å². The van der Waals surface area contributed by atoms with E-state index in [1.165, 1.54) is 24.7 Å². The Morgan fingerprint density at radius 2 is 1.84 bits per heavy atom. The summed E-state index contributed by atoms with van der Waals surface area (Å²) in [6.45, 7) is 13.3. The summed E-state index contributed by atoms with van der Waals surface area (Å²) in [6, 6.07) is 3.35. The zero-order valence-electron chi connectivity index (χ0n) is 19.2. The molecule has 0 spiro atoms. The number of aryl methyl sites for hydroxylation is 1. The van der Waals surface area contributed by atoms with E-state index >= 15 is 0 Å². The first-order chi connectivity index (χ1) is 14.4. The molecule has 8 heteroatoms. The Hall–Kier alpha value is -2.12. The summed E-state index contributed by atoms with van der Waals surface area (Å²) in [5.74, 6) is -0.393. The van der Waals surface area contributed by atoms with Crippen molar-refractivity contribution in [1.29, 1.82) is 0 Å². The smallest absolute Gasteiger partial charge is 0.313 e. The van der Waals surface area contributed by atoms with Crippen molar-refractivity contribution in [3.63, 3.8) is 0 Å².